The third kappa shape index (κ3) is 3.68. The zero-order chi connectivity index (χ0) is 23.3. The van der Waals surface area contributed by atoms with Gasteiger partial charge in [0.05, 0.1) is 16.9 Å². The van der Waals surface area contributed by atoms with Gasteiger partial charge < -0.3 is 4.90 Å². The predicted octanol–water partition coefficient (Wildman–Crippen LogP) is 5.64. The van der Waals surface area contributed by atoms with Crippen LogP contribution in [0.1, 0.15) is 25.5 Å². The van der Waals surface area contributed by atoms with Gasteiger partial charge in [0.2, 0.25) is 5.62 Å². The molecule has 2 aromatic heterocycles. The van der Waals surface area contributed by atoms with Gasteiger partial charge in [-0.05, 0) is 48.7 Å². The molecule has 0 amide bonds. The average Bonchev–Trinajstić information content (AvgIpc) is 3.58. The van der Waals surface area contributed by atoms with Crippen molar-refractivity contribution in [1.29, 1.82) is 10.8 Å². The van der Waals surface area contributed by atoms with Crippen LogP contribution in [0.2, 0.25) is 5.02 Å². The van der Waals surface area contributed by atoms with Crippen molar-refractivity contribution in [1.82, 2.24) is 14.5 Å². The van der Waals surface area contributed by atoms with Gasteiger partial charge in [-0.15, -0.1) is 0 Å². The van der Waals surface area contributed by atoms with Crippen LogP contribution in [0.3, 0.4) is 0 Å². The highest BCUT2D eigenvalue weighted by Crippen LogP contribution is 2.46. The lowest BCUT2D eigenvalue weighted by Crippen LogP contribution is -2.26. The Morgan fingerprint density at radius 3 is 2.61 bits per heavy atom. The molecule has 0 saturated heterocycles. The molecule has 0 atom stereocenters. The third-order valence-electron chi connectivity index (χ3n) is 6.37. The Balaban J connectivity index is 1.58. The maximum absolute atomic E-state index is 14.3. The summed E-state index contributed by atoms with van der Waals surface area (Å²) in [6.45, 7) is 2.24. The molecule has 2 N–H and O–H groups in total. The number of anilines is 2. The van der Waals surface area contributed by atoms with Gasteiger partial charge in [0, 0.05) is 41.0 Å². The number of fused-ring (bicyclic) bond motifs is 1. The van der Waals surface area contributed by atoms with Gasteiger partial charge >= 0.3 is 0 Å². The van der Waals surface area contributed by atoms with Crippen molar-refractivity contribution in [3.63, 3.8) is 0 Å². The molecule has 0 bridgehead atoms. The second kappa shape index (κ2) is 7.78. The molecule has 1 aliphatic carbocycles. The van der Waals surface area contributed by atoms with Gasteiger partial charge in [0.1, 0.15) is 11.6 Å². The third-order valence-corrected chi connectivity index (χ3v) is 6.66. The quantitative estimate of drug-likeness (QED) is 0.298. The second-order valence-corrected chi connectivity index (χ2v) is 9.05. The number of aromatic nitrogens is 3. The number of rotatable bonds is 5. The number of pyridine rings is 1. The molecule has 8 heteroatoms. The monoisotopic (exact) mass is 460 g/mol. The topological polar surface area (TPSA) is 81.7 Å². The highest BCUT2D eigenvalue weighted by Gasteiger charge is 2.40. The van der Waals surface area contributed by atoms with Crippen molar-refractivity contribution in [2.45, 2.75) is 25.2 Å². The zero-order valence-corrected chi connectivity index (χ0v) is 19.0. The molecule has 1 saturated carbocycles. The minimum absolute atomic E-state index is 0.0738. The average molecular weight is 461 g/mol. The Kier molecular flexibility index (Phi) is 5.01. The Morgan fingerprint density at radius 1 is 1.15 bits per heavy atom. The SMILES string of the molecule is CN(c1cccc(-c2ccc(C3(C)CC3)nc2)c1)c1nc(=N)n(C=N)c2cc(Cl)c(F)cc12. The molecule has 5 rings (SSSR count). The lowest BCUT2D eigenvalue weighted by Gasteiger charge is -2.22. The van der Waals surface area contributed by atoms with E-state index in [1.165, 1.54) is 29.5 Å². The van der Waals surface area contributed by atoms with E-state index in [2.05, 4.69) is 29.0 Å². The van der Waals surface area contributed by atoms with Crippen molar-refractivity contribution < 1.29 is 4.39 Å². The summed E-state index contributed by atoms with van der Waals surface area (Å²) in [5.74, 6) is -0.185. The number of halogens is 2. The van der Waals surface area contributed by atoms with Gasteiger partial charge in [-0.2, -0.15) is 4.98 Å². The highest BCUT2D eigenvalue weighted by atomic mass is 35.5. The molecule has 4 aromatic rings. The molecule has 2 aromatic carbocycles. The molecule has 6 nitrogen and oxygen atoms in total. The standard InChI is InChI=1S/C25H22ClFN6/c1-25(8-9-25)22-7-6-16(13-30-22)15-4-3-5-17(10-15)32(2)23-18-11-20(27)19(26)12-21(18)33(14-28)24(29)31-23/h3-7,10-14,28-29H,8-9H2,1-2H3. The fraction of sp³-hybridized carbons (Fsp3) is 0.200. The summed E-state index contributed by atoms with van der Waals surface area (Å²) in [4.78, 5) is 10.8. The van der Waals surface area contributed by atoms with Crippen molar-refractivity contribution in [2.24, 2.45) is 0 Å². The maximum atomic E-state index is 14.3. The van der Waals surface area contributed by atoms with Gasteiger partial charge in [-0.1, -0.05) is 36.7 Å². The summed E-state index contributed by atoms with van der Waals surface area (Å²) in [5, 5.41) is 16.3. The highest BCUT2D eigenvalue weighted by molar-refractivity contribution is 6.31. The fourth-order valence-electron chi connectivity index (χ4n) is 4.01. The first-order valence-corrected chi connectivity index (χ1v) is 11.0. The Hall–Kier alpha value is -3.58. The molecule has 1 fully saturated rings. The minimum atomic E-state index is -0.584. The van der Waals surface area contributed by atoms with Crippen LogP contribution in [0.25, 0.3) is 22.0 Å². The molecule has 33 heavy (non-hydrogen) atoms. The van der Waals surface area contributed by atoms with Crippen LogP contribution in [0.4, 0.5) is 15.9 Å². The summed E-state index contributed by atoms with van der Waals surface area (Å²) in [5.41, 5.74) is 4.46. The molecule has 166 valence electrons. The van der Waals surface area contributed by atoms with Crippen molar-refractivity contribution in [3.8, 4) is 11.1 Å². The summed E-state index contributed by atoms with van der Waals surface area (Å²) in [6.07, 6.45) is 5.23. The van der Waals surface area contributed by atoms with E-state index in [9.17, 15) is 4.39 Å². The van der Waals surface area contributed by atoms with Gasteiger partial charge in [-0.25, -0.2) is 4.39 Å². The van der Waals surface area contributed by atoms with Gasteiger partial charge in [-0.3, -0.25) is 20.4 Å². The largest absolute Gasteiger partial charge is 0.329 e. The lowest BCUT2D eigenvalue weighted by atomic mass is 10.0. The first-order chi connectivity index (χ1) is 15.8. The molecular formula is C25H22ClFN6. The number of benzene rings is 2. The van der Waals surface area contributed by atoms with E-state index in [-0.39, 0.29) is 16.1 Å². The van der Waals surface area contributed by atoms with Crippen LogP contribution in [0.15, 0.2) is 54.7 Å². The van der Waals surface area contributed by atoms with E-state index >= 15 is 0 Å². The summed E-state index contributed by atoms with van der Waals surface area (Å²) in [7, 11) is 1.82. The number of nitrogens with one attached hydrogen (secondary N) is 2. The van der Waals surface area contributed by atoms with Crippen LogP contribution >= 0.6 is 11.6 Å². The van der Waals surface area contributed by atoms with Crippen LogP contribution in [-0.4, -0.2) is 27.9 Å². The number of nitrogens with zero attached hydrogens (tertiary/aromatic N) is 4. The number of hydrogen-bond acceptors (Lipinski definition) is 5. The smallest absolute Gasteiger partial charge is 0.229 e. The van der Waals surface area contributed by atoms with E-state index in [1.807, 2.05) is 37.5 Å². The van der Waals surface area contributed by atoms with Crippen LogP contribution in [0.5, 0.6) is 0 Å². The molecule has 2 heterocycles. The van der Waals surface area contributed by atoms with E-state index in [4.69, 9.17) is 22.4 Å². The Morgan fingerprint density at radius 2 is 1.94 bits per heavy atom. The summed E-state index contributed by atoms with van der Waals surface area (Å²) >= 11 is 5.98. The van der Waals surface area contributed by atoms with E-state index < -0.39 is 5.82 Å². The van der Waals surface area contributed by atoms with Crippen molar-refractivity contribution in [2.75, 3.05) is 11.9 Å². The van der Waals surface area contributed by atoms with Crippen LogP contribution in [-0.2, 0) is 5.41 Å². The van der Waals surface area contributed by atoms with Crippen LogP contribution < -0.4 is 10.5 Å². The molecule has 0 spiro atoms. The van der Waals surface area contributed by atoms with E-state index in [1.54, 1.807) is 4.90 Å². The lowest BCUT2D eigenvalue weighted by molar-refractivity contribution is 0.629. The Bertz CT molecular complexity index is 1460. The van der Waals surface area contributed by atoms with E-state index in [0.29, 0.717) is 16.7 Å². The molecule has 0 aliphatic heterocycles. The summed E-state index contributed by atoms with van der Waals surface area (Å²) < 4.78 is 15.6. The summed E-state index contributed by atoms with van der Waals surface area (Å²) in [6, 6.07) is 14.8. The van der Waals surface area contributed by atoms with Crippen LogP contribution in [0, 0.1) is 16.6 Å². The first kappa shape index (κ1) is 21.3. The molecule has 0 radical (unpaired) electrons. The fourth-order valence-corrected chi connectivity index (χ4v) is 4.17. The minimum Gasteiger partial charge on any atom is -0.329 e. The zero-order valence-electron chi connectivity index (χ0n) is 18.2. The normalized spacial score (nSPS) is 14.3. The second-order valence-electron chi connectivity index (χ2n) is 8.64. The van der Waals surface area contributed by atoms with Gasteiger partial charge in [0.25, 0.3) is 0 Å². The van der Waals surface area contributed by atoms with Gasteiger partial charge in [0.15, 0.2) is 0 Å². The van der Waals surface area contributed by atoms with Crippen molar-refractivity contribution >= 4 is 40.3 Å². The van der Waals surface area contributed by atoms with Crippen molar-refractivity contribution in [3.05, 3.63) is 76.9 Å². The maximum Gasteiger partial charge on any atom is 0.229 e. The first-order valence-electron chi connectivity index (χ1n) is 10.6. The molecular weight excluding hydrogens is 439 g/mol. The molecule has 1 aliphatic rings. The number of hydrogen-bond donors (Lipinski definition) is 2. The van der Waals surface area contributed by atoms with E-state index in [0.717, 1.165) is 28.8 Å². The Labute approximate surface area is 195 Å². The molecule has 0 unspecified atom stereocenters. The predicted molar refractivity (Wildman–Crippen MR) is 129 cm³/mol.